The third kappa shape index (κ3) is 4.45. The number of benzene rings is 2. The molecule has 0 radical (unpaired) electrons. The van der Waals surface area contributed by atoms with Crippen LogP contribution >= 0.6 is 0 Å². The van der Waals surface area contributed by atoms with E-state index in [0.717, 1.165) is 22.3 Å². The normalized spacial score (nSPS) is 19.8. The van der Waals surface area contributed by atoms with Crippen LogP contribution in [-0.4, -0.2) is 72.3 Å². The van der Waals surface area contributed by atoms with Crippen LogP contribution in [0.2, 0.25) is 0 Å². The Hall–Kier alpha value is -3.53. The first kappa shape index (κ1) is 23.6. The molecule has 2 aromatic rings. The first-order valence-electron chi connectivity index (χ1n) is 10.8. The zero-order chi connectivity index (χ0) is 24.5. The highest BCUT2D eigenvalue weighted by Gasteiger charge is 2.48. The molecule has 10 heteroatoms. The Balaban J connectivity index is 1.37. The number of alkyl halides is 2. The molecule has 8 nitrogen and oxygen atoms in total. The summed E-state index contributed by atoms with van der Waals surface area (Å²) in [6.07, 6.45) is -2.04. The van der Waals surface area contributed by atoms with E-state index in [9.17, 15) is 28.3 Å². The Bertz CT molecular complexity index is 1060. The molecule has 0 aromatic heterocycles. The number of amides is 2. The van der Waals surface area contributed by atoms with Crippen LogP contribution in [-0.2, 0) is 19.1 Å². The highest BCUT2D eigenvalue weighted by atomic mass is 19.3. The maximum atomic E-state index is 14.6. The van der Waals surface area contributed by atoms with Gasteiger partial charge in [0.1, 0.15) is 6.61 Å². The fourth-order valence-electron chi connectivity index (χ4n) is 4.50. The third-order valence-corrected chi connectivity index (χ3v) is 6.12. The Kier molecular flexibility index (Phi) is 6.52. The smallest absolute Gasteiger partial charge is 0.407 e. The van der Waals surface area contributed by atoms with E-state index in [0.29, 0.717) is 4.90 Å². The average Bonchev–Trinajstić information content (AvgIpc) is 3.14. The van der Waals surface area contributed by atoms with Crippen LogP contribution in [0, 0.1) is 0 Å². The Labute approximate surface area is 194 Å². The number of alkyl carbamates (subject to hydrolysis) is 1. The van der Waals surface area contributed by atoms with Crippen molar-refractivity contribution in [3.63, 3.8) is 0 Å². The molecule has 0 bridgehead atoms. The molecular formula is C24H24F2N2O6. The highest BCUT2D eigenvalue weighted by molar-refractivity contribution is 5.89. The van der Waals surface area contributed by atoms with Crippen molar-refractivity contribution in [2.75, 3.05) is 26.3 Å². The quantitative estimate of drug-likeness (QED) is 0.667. The molecule has 0 spiro atoms. The number of carboxylic acid groups (broad SMARTS) is 1. The summed E-state index contributed by atoms with van der Waals surface area (Å²) >= 11 is 0. The molecule has 1 fully saturated rings. The van der Waals surface area contributed by atoms with Crippen LogP contribution in [0.15, 0.2) is 48.5 Å². The molecule has 1 saturated heterocycles. The van der Waals surface area contributed by atoms with Gasteiger partial charge in [-0.2, -0.15) is 8.78 Å². The number of halogens is 2. The molecule has 34 heavy (non-hydrogen) atoms. The van der Waals surface area contributed by atoms with E-state index in [1.807, 2.05) is 53.8 Å². The second-order valence-corrected chi connectivity index (χ2v) is 8.24. The maximum absolute atomic E-state index is 14.6. The van der Waals surface area contributed by atoms with Crippen LogP contribution in [0.4, 0.5) is 13.6 Å². The van der Waals surface area contributed by atoms with Gasteiger partial charge in [0.05, 0.1) is 19.3 Å². The van der Waals surface area contributed by atoms with Gasteiger partial charge in [-0.3, -0.25) is 4.79 Å². The van der Waals surface area contributed by atoms with Crippen molar-refractivity contribution < 1.29 is 37.7 Å². The molecule has 1 heterocycles. The number of aliphatic carboxylic acids is 1. The molecule has 2 aliphatic rings. The van der Waals surface area contributed by atoms with Gasteiger partial charge < -0.3 is 24.8 Å². The number of ether oxygens (including phenoxy) is 2. The van der Waals surface area contributed by atoms with Crippen molar-refractivity contribution in [3.8, 4) is 11.1 Å². The van der Waals surface area contributed by atoms with E-state index in [4.69, 9.17) is 9.47 Å². The minimum atomic E-state index is -4.02. The zero-order valence-corrected chi connectivity index (χ0v) is 18.4. The number of carboxylic acids is 1. The van der Waals surface area contributed by atoms with Crippen LogP contribution in [0.1, 0.15) is 24.0 Å². The van der Waals surface area contributed by atoms with E-state index in [2.05, 4.69) is 0 Å². The standard InChI is InChI=1S/C24H24F2N2O6/c1-14-20(21(29)30)28(10-11-33-14)22(31)24(25,26)13-27-23(32)34-12-19-17-8-4-2-6-15(17)16-7-3-5-9-18(16)19/h2-9,14,19-20H,10-13H2,1H3,(H,27,32)(H,29,30). The number of carbonyl (C=O) groups excluding carboxylic acids is 2. The van der Waals surface area contributed by atoms with Gasteiger partial charge in [-0.25, -0.2) is 9.59 Å². The van der Waals surface area contributed by atoms with Gasteiger partial charge in [-0.05, 0) is 29.2 Å². The molecule has 4 rings (SSSR count). The van der Waals surface area contributed by atoms with Crippen LogP contribution in [0.3, 0.4) is 0 Å². The Morgan fingerprint density at radius 1 is 1.12 bits per heavy atom. The number of hydrogen-bond donors (Lipinski definition) is 2. The van der Waals surface area contributed by atoms with Crippen LogP contribution in [0.25, 0.3) is 11.1 Å². The molecule has 2 amide bonds. The summed E-state index contributed by atoms with van der Waals surface area (Å²) in [4.78, 5) is 36.6. The van der Waals surface area contributed by atoms with Gasteiger partial charge in [-0.1, -0.05) is 48.5 Å². The first-order chi connectivity index (χ1) is 16.2. The predicted molar refractivity (Wildman–Crippen MR) is 117 cm³/mol. The molecule has 2 aromatic carbocycles. The maximum Gasteiger partial charge on any atom is 0.407 e. The molecule has 2 atom stereocenters. The Morgan fingerprint density at radius 2 is 1.71 bits per heavy atom. The molecule has 2 unspecified atom stereocenters. The lowest BCUT2D eigenvalue weighted by molar-refractivity contribution is -0.178. The van der Waals surface area contributed by atoms with Gasteiger partial charge >= 0.3 is 18.0 Å². The summed E-state index contributed by atoms with van der Waals surface area (Å²) in [6, 6.07) is 13.8. The van der Waals surface area contributed by atoms with Gasteiger partial charge in [-0.15, -0.1) is 0 Å². The fourth-order valence-corrected chi connectivity index (χ4v) is 4.50. The molecule has 180 valence electrons. The van der Waals surface area contributed by atoms with Gasteiger partial charge in [0.15, 0.2) is 6.04 Å². The van der Waals surface area contributed by atoms with Gasteiger partial charge in [0.2, 0.25) is 0 Å². The summed E-state index contributed by atoms with van der Waals surface area (Å²) in [7, 11) is 0. The minimum Gasteiger partial charge on any atom is -0.480 e. The number of hydrogen-bond acceptors (Lipinski definition) is 5. The lowest BCUT2D eigenvalue weighted by Gasteiger charge is -2.38. The monoisotopic (exact) mass is 474 g/mol. The second kappa shape index (κ2) is 9.38. The summed E-state index contributed by atoms with van der Waals surface area (Å²) in [5.74, 6) is -7.39. The number of nitrogens with one attached hydrogen (secondary N) is 1. The highest BCUT2D eigenvalue weighted by Crippen LogP contribution is 2.44. The summed E-state index contributed by atoms with van der Waals surface area (Å²) in [5, 5.41) is 11.2. The zero-order valence-electron chi connectivity index (χ0n) is 18.4. The van der Waals surface area contributed by atoms with Crippen LogP contribution < -0.4 is 5.32 Å². The van der Waals surface area contributed by atoms with Crippen molar-refractivity contribution in [1.29, 1.82) is 0 Å². The van der Waals surface area contributed by atoms with Crippen molar-refractivity contribution in [1.82, 2.24) is 10.2 Å². The summed E-state index contributed by atoms with van der Waals surface area (Å²) in [6.45, 7) is -0.347. The van der Waals surface area contributed by atoms with E-state index in [1.54, 1.807) is 0 Å². The summed E-state index contributed by atoms with van der Waals surface area (Å²) in [5.41, 5.74) is 3.99. The average molecular weight is 474 g/mol. The van der Waals surface area contributed by atoms with Crippen LogP contribution in [0.5, 0.6) is 0 Å². The lowest BCUT2D eigenvalue weighted by Crippen LogP contribution is -2.61. The Morgan fingerprint density at radius 3 is 2.29 bits per heavy atom. The SMILES string of the molecule is CC1OCCN(C(=O)C(F)(F)CNC(=O)OCC2c3ccccc3-c3ccccc32)C1C(=O)O. The molecular weight excluding hydrogens is 450 g/mol. The van der Waals surface area contributed by atoms with E-state index in [1.165, 1.54) is 6.92 Å². The van der Waals surface area contributed by atoms with Gasteiger partial charge in [0, 0.05) is 12.5 Å². The van der Waals surface area contributed by atoms with Crippen molar-refractivity contribution in [2.24, 2.45) is 0 Å². The number of rotatable bonds is 6. The second-order valence-electron chi connectivity index (χ2n) is 8.24. The number of carbonyl (C=O) groups is 3. The number of morpholine rings is 1. The lowest BCUT2D eigenvalue weighted by atomic mass is 9.98. The minimum absolute atomic E-state index is 0.0629. The first-order valence-corrected chi connectivity index (χ1v) is 10.8. The van der Waals surface area contributed by atoms with Gasteiger partial charge in [0.25, 0.3) is 5.91 Å². The molecule has 2 N–H and O–H groups in total. The van der Waals surface area contributed by atoms with E-state index in [-0.39, 0.29) is 25.7 Å². The third-order valence-electron chi connectivity index (χ3n) is 6.12. The van der Waals surface area contributed by atoms with E-state index >= 15 is 0 Å². The largest absolute Gasteiger partial charge is 0.480 e. The molecule has 1 aliphatic carbocycles. The van der Waals surface area contributed by atoms with Crippen molar-refractivity contribution in [2.45, 2.75) is 30.9 Å². The van der Waals surface area contributed by atoms with Crippen molar-refractivity contribution >= 4 is 18.0 Å². The fraction of sp³-hybridized carbons (Fsp3) is 0.375. The summed E-state index contributed by atoms with van der Waals surface area (Å²) < 4.78 is 39.5. The van der Waals surface area contributed by atoms with Crippen molar-refractivity contribution in [3.05, 3.63) is 59.7 Å². The predicted octanol–water partition coefficient (Wildman–Crippen LogP) is 2.86. The number of nitrogens with zero attached hydrogens (tertiary/aromatic N) is 1. The molecule has 1 aliphatic heterocycles. The van der Waals surface area contributed by atoms with E-state index < -0.39 is 42.6 Å². The molecule has 0 saturated carbocycles. The number of fused-ring (bicyclic) bond motifs is 3. The topological polar surface area (TPSA) is 105 Å².